The molecule has 0 saturated carbocycles. The van der Waals surface area contributed by atoms with Crippen molar-refractivity contribution in [3.63, 3.8) is 0 Å². The van der Waals surface area contributed by atoms with Crippen LogP contribution in [0.5, 0.6) is 0 Å². The second-order valence-electron chi connectivity index (χ2n) is 6.39. The molecule has 3 rings (SSSR count). The number of nitriles is 3. The third-order valence-electron chi connectivity index (χ3n) is 5.19. The molecular weight excluding hydrogens is 396 g/mol. The predicted molar refractivity (Wildman–Crippen MR) is 94.4 cm³/mol. The zero-order valence-corrected chi connectivity index (χ0v) is 15.4. The van der Waals surface area contributed by atoms with E-state index in [4.69, 9.17) is 10.5 Å². The lowest BCUT2D eigenvalue weighted by atomic mass is 9.54. The zero-order valence-electron chi connectivity index (χ0n) is 13.8. The third-order valence-corrected chi connectivity index (χ3v) is 5.91. The summed E-state index contributed by atoms with van der Waals surface area (Å²) in [6.45, 7) is 0. The van der Waals surface area contributed by atoms with Crippen molar-refractivity contribution in [2.45, 2.75) is 31.8 Å². The Morgan fingerprint density at radius 3 is 2.38 bits per heavy atom. The number of nitrogens with zero attached hydrogens (tertiary/aromatic N) is 3. The summed E-state index contributed by atoms with van der Waals surface area (Å²) in [5.74, 6) is -0.490. The van der Waals surface area contributed by atoms with Gasteiger partial charge in [0.15, 0.2) is 11.5 Å². The Hall–Kier alpha value is -2.82. The van der Waals surface area contributed by atoms with E-state index >= 15 is 0 Å². The number of benzene rings is 1. The molecular formula is C19H15BrN4O2. The summed E-state index contributed by atoms with van der Waals surface area (Å²) in [4.78, 5) is 12.6. The fourth-order valence-electron chi connectivity index (χ4n) is 3.92. The van der Waals surface area contributed by atoms with E-state index in [1.54, 1.807) is 24.3 Å². The van der Waals surface area contributed by atoms with Crippen LogP contribution in [0, 0.1) is 44.8 Å². The van der Waals surface area contributed by atoms with Gasteiger partial charge in [0, 0.05) is 16.5 Å². The molecule has 1 aliphatic carbocycles. The fraction of sp³-hybridized carbons (Fsp3) is 0.368. The van der Waals surface area contributed by atoms with E-state index in [9.17, 15) is 20.6 Å². The first-order valence-corrected chi connectivity index (χ1v) is 8.95. The molecule has 1 amide bonds. The summed E-state index contributed by atoms with van der Waals surface area (Å²) in [5, 5.41) is 30.1. The van der Waals surface area contributed by atoms with Crippen LogP contribution < -0.4 is 5.73 Å². The maximum Gasteiger partial charge on any atom is 0.245 e. The van der Waals surface area contributed by atoms with Crippen molar-refractivity contribution in [2.24, 2.45) is 16.6 Å². The Balaban J connectivity index is 2.40. The Labute approximate surface area is 159 Å². The van der Waals surface area contributed by atoms with E-state index in [1.807, 2.05) is 18.2 Å². The van der Waals surface area contributed by atoms with Crippen molar-refractivity contribution in [1.29, 1.82) is 15.8 Å². The van der Waals surface area contributed by atoms with Crippen LogP contribution >= 0.6 is 15.9 Å². The molecule has 0 radical (unpaired) electrons. The number of nitrogens with two attached hydrogens (primary N) is 1. The standard InChI is InChI=1S/C19H15BrN4O2/c20-14-7-3-1-5-12(14)16-18(9-21,10-22)19(11-23,17(24)25)13-6-2-4-8-15(13)26-16/h1,3,5,7,16H,2,4,6,8H2,(H2,24,25)/t16-,19-/m0/s1. The maximum absolute atomic E-state index is 12.6. The molecule has 1 aromatic carbocycles. The average Bonchev–Trinajstić information content (AvgIpc) is 2.66. The Kier molecular flexibility index (Phi) is 4.48. The number of halogens is 1. The summed E-state index contributed by atoms with van der Waals surface area (Å²) in [6, 6.07) is 12.8. The SMILES string of the molecule is N#CC1(C#N)[C@H](c2ccccc2Br)OC2=C(CCCC2)[C@@]1(C#N)C(N)=O. The van der Waals surface area contributed by atoms with Gasteiger partial charge < -0.3 is 10.5 Å². The fourth-order valence-corrected chi connectivity index (χ4v) is 4.41. The molecule has 0 aromatic heterocycles. The minimum Gasteiger partial charge on any atom is -0.487 e. The van der Waals surface area contributed by atoms with E-state index in [1.165, 1.54) is 0 Å². The number of allylic oxidation sites excluding steroid dienone is 1. The monoisotopic (exact) mass is 410 g/mol. The Morgan fingerprint density at radius 2 is 1.81 bits per heavy atom. The highest BCUT2D eigenvalue weighted by atomic mass is 79.9. The smallest absolute Gasteiger partial charge is 0.245 e. The minimum absolute atomic E-state index is 0.380. The third kappa shape index (κ3) is 2.16. The topological polar surface area (TPSA) is 124 Å². The number of carbonyl (C=O) groups excluding carboxylic acids is 1. The van der Waals surface area contributed by atoms with E-state index in [0.717, 1.165) is 12.8 Å². The number of ether oxygens (including phenoxy) is 1. The highest BCUT2D eigenvalue weighted by molar-refractivity contribution is 9.10. The molecule has 1 heterocycles. The van der Waals surface area contributed by atoms with Gasteiger partial charge >= 0.3 is 0 Å². The van der Waals surface area contributed by atoms with Crippen molar-refractivity contribution >= 4 is 21.8 Å². The number of carbonyl (C=O) groups is 1. The van der Waals surface area contributed by atoms with Gasteiger partial charge in [-0.25, -0.2) is 0 Å². The van der Waals surface area contributed by atoms with Crippen molar-refractivity contribution in [3.8, 4) is 18.2 Å². The second-order valence-corrected chi connectivity index (χ2v) is 7.24. The molecule has 2 aliphatic rings. The molecule has 7 heteroatoms. The molecule has 0 fully saturated rings. The molecule has 0 spiro atoms. The molecule has 0 unspecified atom stereocenters. The zero-order chi connectivity index (χ0) is 18.9. The summed E-state index contributed by atoms with van der Waals surface area (Å²) >= 11 is 3.41. The summed E-state index contributed by atoms with van der Waals surface area (Å²) in [5.41, 5.74) is 2.42. The molecule has 0 bridgehead atoms. The van der Waals surface area contributed by atoms with Crippen LogP contribution in [0.2, 0.25) is 0 Å². The van der Waals surface area contributed by atoms with Gasteiger partial charge in [0.1, 0.15) is 0 Å². The Morgan fingerprint density at radius 1 is 1.15 bits per heavy atom. The normalized spacial score (nSPS) is 26.5. The Bertz CT molecular complexity index is 920. The first kappa shape index (κ1) is 18.0. The van der Waals surface area contributed by atoms with Crippen molar-refractivity contribution in [1.82, 2.24) is 0 Å². The van der Waals surface area contributed by atoms with Crippen LogP contribution in [0.3, 0.4) is 0 Å². The van der Waals surface area contributed by atoms with E-state index in [2.05, 4.69) is 15.9 Å². The summed E-state index contributed by atoms with van der Waals surface area (Å²) < 4.78 is 6.73. The lowest BCUT2D eigenvalue weighted by Gasteiger charge is -2.47. The van der Waals surface area contributed by atoms with E-state index in [-0.39, 0.29) is 0 Å². The quantitative estimate of drug-likeness (QED) is 0.799. The molecule has 2 N–H and O–H groups in total. The molecule has 130 valence electrons. The molecule has 0 saturated heterocycles. The number of hydrogen-bond acceptors (Lipinski definition) is 5. The lowest BCUT2D eigenvalue weighted by Crippen LogP contribution is -2.56. The molecule has 6 nitrogen and oxygen atoms in total. The first-order chi connectivity index (χ1) is 12.5. The molecule has 2 atom stereocenters. The van der Waals surface area contributed by atoms with Gasteiger partial charge in [-0.2, -0.15) is 15.8 Å². The van der Waals surface area contributed by atoms with Crippen LogP contribution in [0.4, 0.5) is 0 Å². The molecule has 1 aliphatic heterocycles. The second kappa shape index (κ2) is 6.48. The van der Waals surface area contributed by atoms with Crippen LogP contribution in [0.25, 0.3) is 0 Å². The van der Waals surface area contributed by atoms with E-state index in [0.29, 0.717) is 34.2 Å². The van der Waals surface area contributed by atoms with Gasteiger partial charge in [-0.3, -0.25) is 4.79 Å². The van der Waals surface area contributed by atoms with Crippen molar-refractivity contribution in [3.05, 3.63) is 45.6 Å². The average molecular weight is 411 g/mol. The number of primary amides is 1. The number of amides is 1. The van der Waals surface area contributed by atoms with Gasteiger partial charge in [-0.05, 0) is 30.9 Å². The number of hydrogen-bond donors (Lipinski definition) is 1. The molecule has 1 aromatic rings. The number of rotatable bonds is 2. The largest absolute Gasteiger partial charge is 0.487 e. The van der Waals surface area contributed by atoms with Gasteiger partial charge in [-0.1, -0.05) is 34.1 Å². The van der Waals surface area contributed by atoms with Crippen molar-refractivity contribution < 1.29 is 9.53 Å². The predicted octanol–water partition coefficient (Wildman–Crippen LogP) is 3.38. The highest BCUT2D eigenvalue weighted by Gasteiger charge is 2.69. The van der Waals surface area contributed by atoms with E-state index < -0.39 is 22.8 Å². The lowest BCUT2D eigenvalue weighted by molar-refractivity contribution is -0.132. The highest BCUT2D eigenvalue weighted by Crippen LogP contribution is 2.60. The van der Waals surface area contributed by atoms with Gasteiger partial charge in [0.25, 0.3) is 0 Å². The van der Waals surface area contributed by atoms with Crippen LogP contribution in [-0.2, 0) is 9.53 Å². The van der Waals surface area contributed by atoms with Gasteiger partial charge in [0.2, 0.25) is 11.3 Å². The van der Waals surface area contributed by atoms with Crippen LogP contribution in [-0.4, -0.2) is 5.91 Å². The van der Waals surface area contributed by atoms with Crippen LogP contribution in [0.15, 0.2) is 40.1 Å². The summed E-state index contributed by atoms with van der Waals surface area (Å²) in [6.07, 6.45) is 1.41. The first-order valence-electron chi connectivity index (χ1n) is 8.15. The van der Waals surface area contributed by atoms with Gasteiger partial charge in [0.05, 0.1) is 24.0 Å². The summed E-state index contributed by atoms with van der Waals surface area (Å²) in [7, 11) is 0. The van der Waals surface area contributed by atoms with Crippen LogP contribution in [0.1, 0.15) is 37.4 Å². The van der Waals surface area contributed by atoms with Gasteiger partial charge in [-0.15, -0.1) is 0 Å². The van der Waals surface area contributed by atoms with Crippen molar-refractivity contribution in [2.75, 3.05) is 0 Å². The maximum atomic E-state index is 12.6. The minimum atomic E-state index is -2.09. The molecule has 26 heavy (non-hydrogen) atoms.